The molecule has 2 saturated heterocycles. The molecule has 0 aromatic heterocycles. The lowest BCUT2D eigenvalue weighted by Crippen LogP contribution is -2.53. The molecule has 0 N–H and O–H groups in total. The van der Waals surface area contributed by atoms with Crippen LogP contribution < -0.4 is 4.74 Å². The number of hydrogen-bond acceptors (Lipinski definition) is 4. The maximum Gasteiger partial charge on any atom is 0.253 e. The summed E-state index contributed by atoms with van der Waals surface area (Å²) in [7, 11) is 0. The van der Waals surface area contributed by atoms with Gasteiger partial charge in [-0.2, -0.15) is 11.8 Å². The predicted octanol–water partition coefficient (Wildman–Crippen LogP) is 2.74. The second-order valence-corrected chi connectivity index (χ2v) is 7.36. The lowest BCUT2D eigenvalue weighted by atomic mass is 10.1. The average Bonchev–Trinajstić information content (AvgIpc) is 3.06. The van der Waals surface area contributed by atoms with Crippen LogP contribution in [-0.4, -0.2) is 66.5 Å². The molecule has 0 atom stereocenters. The van der Waals surface area contributed by atoms with E-state index in [1.165, 1.54) is 12.2 Å². The van der Waals surface area contributed by atoms with Crippen molar-refractivity contribution in [1.29, 1.82) is 0 Å². The number of nitrogens with zero attached hydrogens (tertiary/aromatic N) is 2. The molecule has 0 saturated carbocycles. The Hall–Kier alpha value is -1.20. The van der Waals surface area contributed by atoms with Gasteiger partial charge in [0, 0.05) is 31.7 Å². The van der Waals surface area contributed by atoms with Crippen molar-refractivity contribution in [3.63, 3.8) is 0 Å². The van der Waals surface area contributed by atoms with E-state index in [-0.39, 0.29) is 12.0 Å². The van der Waals surface area contributed by atoms with E-state index in [0.29, 0.717) is 0 Å². The summed E-state index contributed by atoms with van der Waals surface area (Å²) in [5.74, 6) is 2.19. The Labute approximate surface area is 143 Å². The zero-order valence-electron chi connectivity index (χ0n) is 13.9. The first kappa shape index (κ1) is 16.7. The second kappa shape index (κ2) is 8.06. The van der Waals surface area contributed by atoms with Crippen LogP contribution in [0.25, 0.3) is 0 Å². The summed E-state index contributed by atoms with van der Waals surface area (Å²) < 4.78 is 6.02. The number of amides is 1. The third kappa shape index (κ3) is 4.42. The second-order valence-electron chi connectivity index (χ2n) is 6.37. The van der Waals surface area contributed by atoms with Crippen LogP contribution in [0.1, 0.15) is 29.6 Å². The maximum absolute atomic E-state index is 12.4. The van der Waals surface area contributed by atoms with Crippen LogP contribution in [0, 0.1) is 0 Å². The van der Waals surface area contributed by atoms with Gasteiger partial charge in [0.2, 0.25) is 0 Å². The molecule has 1 amide bonds. The fourth-order valence-corrected chi connectivity index (χ4v) is 3.63. The number of thioether (sulfide) groups is 1. The van der Waals surface area contributed by atoms with Crippen LogP contribution in [0.3, 0.4) is 0 Å². The van der Waals surface area contributed by atoms with E-state index >= 15 is 0 Å². The number of benzene rings is 1. The largest absolute Gasteiger partial charge is 0.488 e. The fourth-order valence-electron chi connectivity index (χ4n) is 3.21. The first-order valence-electron chi connectivity index (χ1n) is 8.53. The summed E-state index contributed by atoms with van der Waals surface area (Å²) >= 11 is 1.90. The van der Waals surface area contributed by atoms with Gasteiger partial charge < -0.3 is 9.64 Å². The van der Waals surface area contributed by atoms with Crippen molar-refractivity contribution in [2.24, 2.45) is 0 Å². The lowest BCUT2D eigenvalue weighted by Gasteiger charge is -2.39. The molecule has 0 aliphatic carbocycles. The van der Waals surface area contributed by atoms with Gasteiger partial charge >= 0.3 is 0 Å². The first-order valence-corrected chi connectivity index (χ1v) is 9.93. The quantitative estimate of drug-likeness (QED) is 0.718. The van der Waals surface area contributed by atoms with Gasteiger partial charge in [0.1, 0.15) is 11.9 Å². The van der Waals surface area contributed by atoms with Crippen LogP contribution >= 0.6 is 11.8 Å². The third-order valence-electron chi connectivity index (χ3n) is 4.52. The predicted molar refractivity (Wildman–Crippen MR) is 95.4 cm³/mol. The molecule has 2 heterocycles. The minimum atomic E-state index is 0.139. The zero-order valence-corrected chi connectivity index (χ0v) is 14.7. The molecule has 0 spiro atoms. The number of hydrogen-bond donors (Lipinski definition) is 0. The molecular formula is C18H26N2O2S. The maximum atomic E-state index is 12.4. The summed E-state index contributed by atoms with van der Waals surface area (Å²) in [5.41, 5.74) is 0.751. The summed E-state index contributed by atoms with van der Waals surface area (Å²) in [6, 6.07) is 7.67. The van der Waals surface area contributed by atoms with Crippen LogP contribution in [0.5, 0.6) is 5.75 Å². The molecule has 1 aromatic carbocycles. The van der Waals surface area contributed by atoms with Crippen molar-refractivity contribution < 1.29 is 9.53 Å². The average molecular weight is 334 g/mol. The van der Waals surface area contributed by atoms with Crippen LogP contribution in [0.2, 0.25) is 0 Å². The summed E-state index contributed by atoms with van der Waals surface area (Å²) in [6.07, 6.45) is 5.90. The number of carbonyl (C=O) groups excluding carboxylic acids is 1. The molecule has 2 fully saturated rings. The van der Waals surface area contributed by atoms with Crippen molar-refractivity contribution >= 4 is 17.7 Å². The van der Waals surface area contributed by atoms with Gasteiger partial charge in [-0.15, -0.1) is 0 Å². The Morgan fingerprint density at radius 1 is 1.30 bits per heavy atom. The van der Waals surface area contributed by atoms with Gasteiger partial charge in [-0.3, -0.25) is 9.69 Å². The number of likely N-dealkylation sites (tertiary alicyclic amines) is 2. The fraction of sp³-hybridized carbons (Fsp3) is 0.611. The highest BCUT2D eigenvalue weighted by molar-refractivity contribution is 7.98. The number of carbonyl (C=O) groups is 1. The van der Waals surface area contributed by atoms with E-state index < -0.39 is 0 Å². The number of rotatable bonds is 7. The number of ether oxygens (including phenoxy) is 1. The normalized spacial score (nSPS) is 18.9. The zero-order chi connectivity index (χ0) is 16.1. The summed E-state index contributed by atoms with van der Waals surface area (Å²) in [5, 5.41) is 0. The highest BCUT2D eigenvalue weighted by Gasteiger charge is 2.28. The highest BCUT2D eigenvalue weighted by Crippen LogP contribution is 2.21. The molecule has 2 aliphatic rings. The molecule has 3 rings (SSSR count). The first-order chi connectivity index (χ1) is 11.3. The van der Waals surface area contributed by atoms with Gasteiger partial charge in [-0.25, -0.2) is 0 Å². The Bertz CT molecular complexity index is 526. The van der Waals surface area contributed by atoms with Crippen LogP contribution in [-0.2, 0) is 0 Å². The molecule has 0 radical (unpaired) electrons. The Morgan fingerprint density at radius 2 is 2.09 bits per heavy atom. The van der Waals surface area contributed by atoms with Gasteiger partial charge in [-0.1, -0.05) is 6.07 Å². The van der Waals surface area contributed by atoms with E-state index in [2.05, 4.69) is 11.2 Å². The van der Waals surface area contributed by atoms with Gasteiger partial charge in [-0.05, 0) is 56.0 Å². The molecular weight excluding hydrogens is 308 g/mol. The topological polar surface area (TPSA) is 32.8 Å². The molecule has 2 aliphatic heterocycles. The van der Waals surface area contributed by atoms with E-state index in [4.69, 9.17) is 4.74 Å². The van der Waals surface area contributed by atoms with Crippen molar-refractivity contribution in [3.8, 4) is 5.75 Å². The van der Waals surface area contributed by atoms with Crippen molar-refractivity contribution in [2.45, 2.75) is 25.4 Å². The van der Waals surface area contributed by atoms with Crippen molar-refractivity contribution in [3.05, 3.63) is 29.8 Å². The highest BCUT2D eigenvalue weighted by atomic mass is 32.2. The minimum absolute atomic E-state index is 0.139. The molecule has 1 aromatic rings. The van der Waals surface area contributed by atoms with Gasteiger partial charge in [0.25, 0.3) is 5.91 Å². The van der Waals surface area contributed by atoms with E-state index in [9.17, 15) is 4.79 Å². The summed E-state index contributed by atoms with van der Waals surface area (Å²) in [4.78, 5) is 16.8. The smallest absolute Gasteiger partial charge is 0.253 e. The molecule has 5 heteroatoms. The van der Waals surface area contributed by atoms with Crippen molar-refractivity contribution in [1.82, 2.24) is 9.80 Å². The van der Waals surface area contributed by atoms with Crippen molar-refractivity contribution in [2.75, 3.05) is 44.7 Å². The summed E-state index contributed by atoms with van der Waals surface area (Å²) in [6.45, 7) is 4.93. The SMILES string of the molecule is CSCCCN1CC(Oc2cccc(C(=O)N3CCCC3)c2)C1. The van der Waals surface area contributed by atoms with Crippen LogP contribution in [0.4, 0.5) is 0 Å². The van der Waals surface area contributed by atoms with E-state index in [1.54, 1.807) is 0 Å². The molecule has 126 valence electrons. The standard InChI is InChI=1S/C18H26N2O2S/c1-23-11-5-8-19-13-17(14-19)22-16-7-4-6-15(12-16)18(21)20-9-2-3-10-20/h4,6-7,12,17H,2-3,5,8-11,13-14H2,1H3. The molecule has 0 bridgehead atoms. The third-order valence-corrected chi connectivity index (χ3v) is 5.22. The molecule has 4 nitrogen and oxygen atoms in total. The van der Waals surface area contributed by atoms with Crippen LogP contribution in [0.15, 0.2) is 24.3 Å². The van der Waals surface area contributed by atoms with Gasteiger partial charge in [0.05, 0.1) is 0 Å². The minimum Gasteiger partial charge on any atom is -0.488 e. The molecule has 0 unspecified atom stereocenters. The Morgan fingerprint density at radius 3 is 2.83 bits per heavy atom. The van der Waals surface area contributed by atoms with E-state index in [1.807, 2.05) is 40.9 Å². The Balaban J connectivity index is 1.48. The Kier molecular flexibility index (Phi) is 5.84. The van der Waals surface area contributed by atoms with E-state index in [0.717, 1.165) is 56.9 Å². The lowest BCUT2D eigenvalue weighted by molar-refractivity contribution is 0.0204. The molecule has 23 heavy (non-hydrogen) atoms. The van der Waals surface area contributed by atoms with Gasteiger partial charge in [0.15, 0.2) is 0 Å². The monoisotopic (exact) mass is 334 g/mol.